The van der Waals surface area contributed by atoms with Crippen molar-refractivity contribution < 1.29 is 8.42 Å². The average molecular weight is 351 g/mol. The molecule has 0 aromatic carbocycles. The molecule has 1 aromatic heterocycles. The Bertz CT molecular complexity index is 529. The summed E-state index contributed by atoms with van der Waals surface area (Å²) in [5, 5.41) is 5.23. The van der Waals surface area contributed by atoms with Crippen molar-refractivity contribution >= 4 is 37.3 Å². The van der Waals surface area contributed by atoms with Crippen molar-refractivity contribution in [2.75, 3.05) is 19.6 Å². The molecule has 0 spiro atoms. The lowest BCUT2D eigenvalue weighted by molar-refractivity contribution is 0.339. The second kappa shape index (κ2) is 4.86. The molecular formula is C11H15BrN2O2S2. The van der Waals surface area contributed by atoms with Crippen LogP contribution in [0.3, 0.4) is 0 Å². The number of sulfonamides is 1. The Labute approximate surface area is 120 Å². The van der Waals surface area contributed by atoms with Crippen LogP contribution in [0, 0.1) is 5.92 Å². The molecule has 4 nitrogen and oxygen atoms in total. The number of thiophene rings is 1. The molecule has 7 heteroatoms. The first-order valence-corrected chi connectivity index (χ1v) is 9.17. The highest BCUT2D eigenvalue weighted by Crippen LogP contribution is 2.34. The number of rotatable bonds is 2. The van der Waals surface area contributed by atoms with Crippen molar-refractivity contribution in [3.05, 3.63) is 15.9 Å². The Morgan fingerprint density at radius 3 is 2.94 bits per heavy atom. The lowest BCUT2D eigenvalue weighted by Gasteiger charge is -2.24. The topological polar surface area (TPSA) is 49.4 Å². The summed E-state index contributed by atoms with van der Waals surface area (Å²) in [6.45, 7) is 2.28. The predicted molar refractivity (Wildman–Crippen MR) is 75.3 cm³/mol. The monoisotopic (exact) mass is 350 g/mol. The minimum atomic E-state index is -3.32. The van der Waals surface area contributed by atoms with E-state index in [1.54, 1.807) is 15.8 Å². The molecule has 0 bridgehead atoms. The van der Waals surface area contributed by atoms with Crippen molar-refractivity contribution in [1.29, 1.82) is 0 Å². The van der Waals surface area contributed by atoms with Crippen LogP contribution in [0.5, 0.6) is 0 Å². The van der Waals surface area contributed by atoms with Crippen molar-refractivity contribution in [2.45, 2.75) is 23.1 Å². The molecule has 0 amide bonds. The van der Waals surface area contributed by atoms with E-state index >= 15 is 0 Å². The molecule has 0 saturated carbocycles. The van der Waals surface area contributed by atoms with Gasteiger partial charge in [0.2, 0.25) is 0 Å². The summed E-state index contributed by atoms with van der Waals surface area (Å²) in [5.41, 5.74) is 0. The van der Waals surface area contributed by atoms with Crippen LogP contribution in [0.2, 0.25) is 0 Å². The molecule has 2 aliphatic rings. The first-order chi connectivity index (χ1) is 8.59. The highest BCUT2D eigenvalue weighted by atomic mass is 79.9. The Morgan fingerprint density at radius 2 is 2.28 bits per heavy atom. The van der Waals surface area contributed by atoms with E-state index in [4.69, 9.17) is 0 Å². The van der Waals surface area contributed by atoms with E-state index in [1.807, 2.05) is 0 Å². The number of halogens is 1. The van der Waals surface area contributed by atoms with Crippen molar-refractivity contribution in [3.8, 4) is 0 Å². The number of hydrogen-bond donors (Lipinski definition) is 1. The van der Waals surface area contributed by atoms with Gasteiger partial charge in [0.15, 0.2) is 0 Å². The van der Waals surface area contributed by atoms with E-state index in [0.29, 0.717) is 33.7 Å². The molecule has 0 radical (unpaired) electrons. The minimum Gasteiger partial charge on any atom is -0.312 e. The van der Waals surface area contributed by atoms with Crippen LogP contribution in [-0.4, -0.2) is 38.4 Å². The third-order valence-corrected chi connectivity index (χ3v) is 8.20. The van der Waals surface area contributed by atoms with Gasteiger partial charge in [-0.2, -0.15) is 4.31 Å². The summed E-state index contributed by atoms with van der Waals surface area (Å²) in [5.74, 6) is 0.479. The number of fused-ring (bicyclic) bond motifs is 1. The van der Waals surface area contributed by atoms with Crippen LogP contribution in [0.1, 0.15) is 12.8 Å². The molecule has 2 aliphatic heterocycles. The summed E-state index contributed by atoms with van der Waals surface area (Å²) in [6.07, 6.45) is 2.28. The molecule has 1 aromatic rings. The van der Waals surface area contributed by atoms with Crippen molar-refractivity contribution in [2.24, 2.45) is 5.92 Å². The molecule has 0 aliphatic carbocycles. The smallest absolute Gasteiger partial charge is 0.253 e. The zero-order valence-corrected chi connectivity index (χ0v) is 13.0. The van der Waals surface area contributed by atoms with Gasteiger partial charge < -0.3 is 5.32 Å². The van der Waals surface area contributed by atoms with Gasteiger partial charge in [0.25, 0.3) is 10.0 Å². The molecular weight excluding hydrogens is 336 g/mol. The van der Waals surface area contributed by atoms with Gasteiger partial charge in [-0.3, -0.25) is 0 Å². The fourth-order valence-electron chi connectivity index (χ4n) is 2.78. The molecule has 0 unspecified atom stereocenters. The van der Waals surface area contributed by atoms with Crippen LogP contribution in [0.15, 0.2) is 20.1 Å². The maximum atomic E-state index is 12.5. The van der Waals surface area contributed by atoms with Gasteiger partial charge in [0, 0.05) is 23.6 Å². The molecule has 2 saturated heterocycles. The number of piperidine rings is 1. The van der Waals surface area contributed by atoms with Crippen molar-refractivity contribution in [3.63, 3.8) is 0 Å². The van der Waals surface area contributed by atoms with E-state index in [1.165, 1.54) is 11.3 Å². The Balaban J connectivity index is 1.86. The molecule has 3 rings (SSSR count). The third-order valence-electron chi connectivity index (χ3n) is 3.72. The highest BCUT2D eigenvalue weighted by Gasteiger charge is 2.41. The fraction of sp³-hybridized carbons (Fsp3) is 0.636. The third kappa shape index (κ3) is 2.16. The van der Waals surface area contributed by atoms with Gasteiger partial charge in [-0.25, -0.2) is 8.42 Å². The Kier molecular flexibility index (Phi) is 3.53. The first kappa shape index (κ1) is 13.1. The van der Waals surface area contributed by atoms with E-state index in [9.17, 15) is 8.42 Å². The highest BCUT2D eigenvalue weighted by molar-refractivity contribution is 9.10. The lowest BCUT2D eigenvalue weighted by Crippen LogP contribution is -2.41. The fourth-order valence-corrected chi connectivity index (χ4v) is 6.76. The molecule has 18 heavy (non-hydrogen) atoms. The van der Waals surface area contributed by atoms with Crippen LogP contribution in [0.4, 0.5) is 0 Å². The zero-order chi connectivity index (χ0) is 12.8. The number of nitrogens with zero attached hydrogens (tertiary/aromatic N) is 1. The normalized spacial score (nSPS) is 29.4. The summed E-state index contributed by atoms with van der Waals surface area (Å²) < 4.78 is 27.8. The largest absolute Gasteiger partial charge is 0.312 e. The zero-order valence-electron chi connectivity index (χ0n) is 9.80. The van der Waals surface area contributed by atoms with Gasteiger partial charge in [0.05, 0.1) is 0 Å². The van der Waals surface area contributed by atoms with Gasteiger partial charge >= 0.3 is 0 Å². The van der Waals surface area contributed by atoms with Gasteiger partial charge in [-0.05, 0) is 52.7 Å². The van der Waals surface area contributed by atoms with Crippen LogP contribution < -0.4 is 5.32 Å². The molecule has 2 atom stereocenters. The van der Waals surface area contributed by atoms with Crippen LogP contribution in [-0.2, 0) is 10.0 Å². The van der Waals surface area contributed by atoms with E-state index < -0.39 is 10.0 Å². The van der Waals surface area contributed by atoms with E-state index in [0.717, 1.165) is 19.4 Å². The van der Waals surface area contributed by atoms with Gasteiger partial charge in [-0.1, -0.05) is 0 Å². The first-order valence-electron chi connectivity index (χ1n) is 6.05. The van der Waals surface area contributed by atoms with E-state index in [-0.39, 0.29) is 0 Å². The summed E-state index contributed by atoms with van der Waals surface area (Å²) >= 11 is 4.59. The molecule has 1 N–H and O–H groups in total. The van der Waals surface area contributed by atoms with Gasteiger partial charge in [0.1, 0.15) is 4.21 Å². The predicted octanol–water partition coefficient (Wildman–Crippen LogP) is 1.88. The minimum absolute atomic E-state index is 0.340. The molecule has 3 heterocycles. The Morgan fingerprint density at radius 1 is 1.44 bits per heavy atom. The second-order valence-electron chi connectivity index (χ2n) is 4.84. The molecule has 2 fully saturated rings. The number of hydrogen-bond acceptors (Lipinski definition) is 4. The summed E-state index contributed by atoms with van der Waals surface area (Å²) in [7, 11) is -3.32. The number of nitrogens with one attached hydrogen (secondary N) is 1. The lowest BCUT2D eigenvalue weighted by atomic mass is 9.94. The van der Waals surface area contributed by atoms with Crippen LogP contribution in [0.25, 0.3) is 0 Å². The quantitative estimate of drug-likeness (QED) is 0.885. The van der Waals surface area contributed by atoms with Gasteiger partial charge in [-0.15, -0.1) is 11.3 Å². The van der Waals surface area contributed by atoms with Crippen molar-refractivity contribution in [1.82, 2.24) is 9.62 Å². The molecule has 100 valence electrons. The second-order valence-corrected chi connectivity index (χ2v) is 8.74. The average Bonchev–Trinajstić information content (AvgIpc) is 2.94. The summed E-state index contributed by atoms with van der Waals surface area (Å²) in [6, 6.07) is 2.13. The summed E-state index contributed by atoms with van der Waals surface area (Å²) in [4.78, 5) is 0. The standard InChI is InChI=1S/C11H15BrN2O2S2/c12-9-3-5-17-11(9)18(15,16)14-6-8-2-1-4-13-10(8)7-14/h3,5,8,10,13H,1-2,4,6-7H2/t8-,10+/m0/s1. The van der Waals surface area contributed by atoms with Crippen LogP contribution >= 0.6 is 27.3 Å². The Hall–Kier alpha value is 0.0500. The SMILES string of the molecule is O=S(=O)(c1sccc1Br)N1C[C@@H]2CCCN[C@@H]2C1. The maximum absolute atomic E-state index is 12.5. The maximum Gasteiger partial charge on any atom is 0.253 e. The van der Waals surface area contributed by atoms with E-state index in [2.05, 4.69) is 21.2 Å².